The number of aliphatic hydroxyl groups is 1. The maximum atomic E-state index is 13.2. The highest BCUT2D eigenvalue weighted by atomic mass is 19.1. The molecule has 1 atom stereocenters. The number of halogens is 1. The van der Waals surface area contributed by atoms with E-state index >= 15 is 0 Å². The molecule has 0 saturated heterocycles. The van der Waals surface area contributed by atoms with E-state index in [2.05, 4.69) is 0 Å². The molecule has 0 fully saturated rings. The lowest BCUT2D eigenvalue weighted by atomic mass is 10.0. The predicted molar refractivity (Wildman–Crippen MR) is 57.7 cm³/mol. The summed E-state index contributed by atoms with van der Waals surface area (Å²) in [7, 11) is 0. The van der Waals surface area contributed by atoms with Crippen LogP contribution in [0.2, 0.25) is 0 Å². The third-order valence-electron chi connectivity index (χ3n) is 1.88. The summed E-state index contributed by atoms with van der Waals surface area (Å²) in [5.74, 6) is -0.520. The first-order valence-electron chi connectivity index (χ1n) is 5.06. The first-order valence-corrected chi connectivity index (χ1v) is 5.06. The largest absolute Gasteiger partial charge is 0.388 e. The van der Waals surface area contributed by atoms with Crippen molar-refractivity contribution >= 4 is 0 Å². The van der Waals surface area contributed by atoms with Crippen molar-refractivity contribution in [3.63, 3.8) is 0 Å². The highest BCUT2D eigenvalue weighted by molar-refractivity contribution is 5.33. The quantitative estimate of drug-likeness (QED) is 0.813. The Morgan fingerprint density at radius 1 is 1.47 bits per heavy atom. The SMILES string of the molecule is CC.CCC(O)c1ccc(C#N)cc1F. The fraction of sp³-hybridized carbons (Fsp3) is 0.417. The summed E-state index contributed by atoms with van der Waals surface area (Å²) < 4.78 is 13.2. The maximum Gasteiger partial charge on any atom is 0.130 e. The molecule has 1 aromatic carbocycles. The molecule has 0 radical (unpaired) electrons. The minimum absolute atomic E-state index is 0.251. The van der Waals surface area contributed by atoms with Crippen molar-refractivity contribution in [2.75, 3.05) is 0 Å². The van der Waals surface area contributed by atoms with Crippen LogP contribution in [0.25, 0.3) is 0 Å². The van der Waals surface area contributed by atoms with Crippen molar-refractivity contribution in [1.82, 2.24) is 0 Å². The molecule has 15 heavy (non-hydrogen) atoms. The van der Waals surface area contributed by atoms with E-state index in [1.807, 2.05) is 19.9 Å². The Kier molecular flexibility index (Phi) is 6.32. The topological polar surface area (TPSA) is 44.0 Å². The fourth-order valence-corrected chi connectivity index (χ4v) is 1.09. The van der Waals surface area contributed by atoms with Crippen LogP contribution in [0.5, 0.6) is 0 Å². The summed E-state index contributed by atoms with van der Waals surface area (Å²) in [6.07, 6.45) is -0.323. The van der Waals surface area contributed by atoms with E-state index in [1.165, 1.54) is 12.1 Å². The zero-order chi connectivity index (χ0) is 11.8. The van der Waals surface area contributed by atoms with Gasteiger partial charge in [-0.2, -0.15) is 5.26 Å². The van der Waals surface area contributed by atoms with Crippen LogP contribution in [-0.2, 0) is 0 Å². The van der Waals surface area contributed by atoms with Gasteiger partial charge in [0.1, 0.15) is 5.82 Å². The van der Waals surface area contributed by atoms with Gasteiger partial charge in [-0.05, 0) is 18.6 Å². The van der Waals surface area contributed by atoms with Crippen molar-refractivity contribution < 1.29 is 9.50 Å². The van der Waals surface area contributed by atoms with Crippen LogP contribution in [0.3, 0.4) is 0 Å². The van der Waals surface area contributed by atoms with Gasteiger partial charge in [0, 0.05) is 5.56 Å². The first kappa shape index (κ1) is 13.6. The Morgan fingerprint density at radius 2 is 2.07 bits per heavy atom. The molecule has 0 aliphatic heterocycles. The molecule has 3 heteroatoms. The van der Waals surface area contributed by atoms with Crippen molar-refractivity contribution in [3.05, 3.63) is 35.1 Å². The summed E-state index contributed by atoms with van der Waals surface area (Å²) in [4.78, 5) is 0. The number of aliphatic hydroxyl groups excluding tert-OH is 1. The molecule has 0 saturated carbocycles. The molecular formula is C12H16FNO. The lowest BCUT2D eigenvalue weighted by Gasteiger charge is -2.08. The molecule has 0 aliphatic rings. The Balaban J connectivity index is 0.000000921. The lowest BCUT2D eigenvalue weighted by Crippen LogP contribution is -1.99. The minimum atomic E-state index is -0.784. The number of nitriles is 1. The average molecular weight is 209 g/mol. The van der Waals surface area contributed by atoms with Crippen LogP contribution >= 0.6 is 0 Å². The van der Waals surface area contributed by atoms with Gasteiger partial charge in [0.15, 0.2) is 0 Å². The molecule has 0 aromatic heterocycles. The van der Waals surface area contributed by atoms with E-state index in [4.69, 9.17) is 5.26 Å². The highest BCUT2D eigenvalue weighted by Gasteiger charge is 2.10. The van der Waals surface area contributed by atoms with Crippen molar-refractivity contribution in [1.29, 1.82) is 5.26 Å². The number of hydrogen-bond acceptors (Lipinski definition) is 2. The third-order valence-corrected chi connectivity index (χ3v) is 1.88. The van der Waals surface area contributed by atoms with Gasteiger partial charge < -0.3 is 5.11 Å². The number of hydrogen-bond donors (Lipinski definition) is 1. The molecule has 0 amide bonds. The fourth-order valence-electron chi connectivity index (χ4n) is 1.09. The van der Waals surface area contributed by atoms with Gasteiger partial charge >= 0.3 is 0 Å². The molecule has 2 nitrogen and oxygen atoms in total. The van der Waals surface area contributed by atoms with Gasteiger partial charge in [-0.25, -0.2) is 4.39 Å². The molecule has 82 valence electrons. The highest BCUT2D eigenvalue weighted by Crippen LogP contribution is 2.20. The maximum absolute atomic E-state index is 13.2. The van der Waals surface area contributed by atoms with E-state index in [0.29, 0.717) is 6.42 Å². The second kappa shape index (κ2) is 6.97. The smallest absolute Gasteiger partial charge is 0.130 e. The Labute approximate surface area is 90.0 Å². The molecule has 0 spiro atoms. The van der Waals surface area contributed by atoms with Gasteiger partial charge in [0.25, 0.3) is 0 Å². The zero-order valence-electron chi connectivity index (χ0n) is 9.29. The summed E-state index contributed by atoms with van der Waals surface area (Å²) in [6, 6.07) is 5.91. The minimum Gasteiger partial charge on any atom is -0.388 e. The van der Waals surface area contributed by atoms with Gasteiger partial charge in [0.05, 0.1) is 17.7 Å². The Morgan fingerprint density at radius 3 is 2.47 bits per heavy atom. The first-order chi connectivity index (χ1) is 7.19. The lowest BCUT2D eigenvalue weighted by molar-refractivity contribution is 0.169. The molecule has 0 bridgehead atoms. The molecule has 1 unspecified atom stereocenters. The van der Waals surface area contributed by atoms with Gasteiger partial charge in [-0.15, -0.1) is 0 Å². The number of nitrogens with zero attached hydrogens (tertiary/aromatic N) is 1. The normalized spacial score (nSPS) is 10.9. The van der Waals surface area contributed by atoms with Crippen LogP contribution in [0.1, 0.15) is 44.4 Å². The van der Waals surface area contributed by atoms with E-state index in [0.717, 1.165) is 6.07 Å². The molecular weight excluding hydrogens is 193 g/mol. The van der Waals surface area contributed by atoms with Gasteiger partial charge in [0.2, 0.25) is 0 Å². The van der Waals surface area contributed by atoms with Gasteiger partial charge in [-0.1, -0.05) is 26.8 Å². The number of rotatable bonds is 2. The molecule has 1 rings (SSSR count). The predicted octanol–water partition coefficient (Wildman–Crippen LogP) is 3.17. The van der Waals surface area contributed by atoms with Crippen LogP contribution in [0, 0.1) is 17.1 Å². The van der Waals surface area contributed by atoms with Gasteiger partial charge in [-0.3, -0.25) is 0 Å². The van der Waals surface area contributed by atoms with Crippen LogP contribution < -0.4 is 0 Å². The second-order valence-corrected chi connectivity index (χ2v) is 2.77. The van der Waals surface area contributed by atoms with E-state index in [-0.39, 0.29) is 11.1 Å². The van der Waals surface area contributed by atoms with Crippen LogP contribution in [0.4, 0.5) is 4.39 Å². The van der Waals surface area contributed by atoms with Crippen molar-refractivity contribution in [3.8, 4) is 6.07 Å². The molecule has 0 aliphatic carbocycles. The number of benzene rings is 1. The van der Waals surface area contributed by atoms with Crippen molar-refractivity contribution in [2.24, 2.45) is 0 Å². The van der Waals surface area contributed by atoms with E-state index < -0.39 is 11.9 Å². The van der Waals surface area contributed by atoms with Crippen LogP contribution in [0.15, 0.2) is 18.2 Å². The van der Waals surface area contributed by atoms with Crippen LogP contribution in [-0.4, -0.2) is 5.11 Å². The van der Waals surface area contributed by atoms with E-state index in [1.54, 1.807) is 6.92 Å². The zero-order valence-corrected chi connectivity index (χ0v) is 9.29. The van der Waals surface area contributed by atoms with Crippen molar-refractivity contribution in [2.45, 2.75) is 33.3 Å². The Bertz CT molecular complexity index is 344. The summed E-state index contributed by atoms with van der Waals surface area (Å²) in [6.45, 7) is 5.77. The molecule has 0 heterocycles. The van der Waals surface area contributed by atoms with E-state index in [9.17, 15) is 9.50 Å². The summed E-state index contributed by atoms with van der Waals surface area (Å²) in [5, 5.41) is 17.8. The monoisotopic (exact) mass is 209 g/mol. The standard InChI is InChI=1S/C10H10FNO.C2H6/c1-2-10(13)8-4-3-7(6-12)5-9(8)11;1-2/h3-5,10,13H,2H2,1H3;1-2H3. The summed E-state index contributed by atoms with van der Waals surface area (Å²) in [5.41, 5.74) is 0.519. The summed E-state index contributed by atoms with van der Waals surface area (Å²) >= 11 is 0. The Hall–Kier alpha value is -1.40. The second-order valence-electron chi connectivity index (χ2n) is 2.77. The average Bonchev–Trinajstić information content (AvgIpc) is 2.30. The molecule has 1 aromatic rings. The third kappa shape index (κ3) is 3.69. The molecule has 1 N–H and O–H groups in total.